The van der Waals surface area contributed by atoms with E-state index in [9.17, 15) is 4.79 Å². The molecule has 0 aliphatic carbocycles. The van der Waals surface area contributed by atoms with Crippen LogP contribution in [0.2, 0.25) is 5.02 Å². The summed E-state index contributed by atoms with van der Waals surface area (Å²) in [6, 6.07) is 11.1. The molecule has 4 nitrogen and oxygen atoms in total. The van der Waals surface area contributed by atoms with Crippen LogP contribution in [0.5, 0.6) is 11.5 Å². The summed E-state index contributed by atoms with van der Waals surface area (Å²) in [6.07, 6.45) is 0.448. The van der Waals surface area contributed by atoms with E-state index < -0.39 is 0 Å². The first-order valence-corrected chi connectivity index (χ1v) is 9.41. The van der Waals surface area contributed by atoms with Crippen molar-refractivity contribution in [2.75, 3.05) is 25.3 Å². The number of halogens is 1. The highest BCUT2D eigenvalue weighted by Gasteiger charge is 2.09. The highest BCUT2D eigenvalue weighted by Crippen LogP contribution is 2.32. The number of hydrogen-bond acceptors (Lipinski definition) is 4. The minimum atomic E-state index is -0.0150. The molecule has 0 bridgehead atoms. The molecule has 2 aromatic carbocycles. The van der Waals surface area contributed by atoms with E-state index in [1.54, 1.807) is 38.1 Å². The molecule has 25 heavy (non-hydrogen) atoms. The van der Waals surface area contributed by atoms with Crippen molar-refractivity contribution in [2.24, 2.45) is 0 Å². The fourth-order valence-electron chi connectivity index (χ4n) is 2.31. The van der Waals surface area contributed by atoms with Crippen LogP contribution >= 0.6 is 23.4 Å². The molecule has 0 fully saturated rings. The summed E-state index contributed by atoms with van der Waals surface area (Å²) in [5.74, 6) is 2.99. The van der Waals surface area contributed by atoms with Crippen molar-refractivity contribution in [1.82, 2.24) is 0 Å². The second-order valence-corrected chi connectivity index (χ2v) is 7.04. The molecule has 2 aromatic rings. The van der Waals surface area contributed by atoms with E-state index in [1.807, 2.05) is 31.2 Å². The molecule has 0 heterocycles. The minimum absolute atomic E-state index is 0.0150. The standard InChI is InChI=1S/C19H22ClNO3S/c1-13-9-17(23-2)18(24-3)10-14(13)12-25-8-7-19(22)21-16-6-4-5-15(20)11-16/h4-6,9-11H,7-8,12H2,1-3H3,(H,21,22). The van der Waals surface area contributed by atoms with E-state index in [2.05, 4.69) is 5.32 Å². The predicted octanol–water partition coefficient (Wildman–Crippen LogP) is 4.93. The van der Waals surface area contributed by atoms with Crippen molar-refractivity contribution in [2.45, 2.75) is 19.1 Å². The molecule has 0 aliphatic heterocycles. The molecule has 0 radical (unpaired) electrons. The van der Waals surface area contributed by atoms with Crippen molar-refractivity contribution in [3.8, 4) is 11.5 Å². The summed E-state index contributed by atoms with van der Waals surface area (Å²) >= 11 is 7.62. The lowest BCUT2D eigenvalue weighted by Gasteiger charge is -2.12. The number of carbonyl (C=O) groups is 1. The van der Waals surface area contributed by atoms with Crippen molar-refractivity contribution >= 4 is 35.0 Å². The number of carbonyl (C=O) groups excluding carboxylic acids is 1. The van der Waals surface area contributed by atoms with Gasteiger partial charge in [-0.05, 0) is 48.4 Å². The van der Waals surface area contributed by atoms with Gasteiger partial charge in [-0.3, -0.25) is 4.79 Å². The fourth-order valence-corrected chi connectivity index (χ4v) is 3.51. The Morgan fingerprint density at radius 3 is 2.56 bits per heavy atom. The van der Waals surface area contributed by atoms with E-state index in [4.69, 9.17) is 21.1 Å². The van der Waals surface area contributed by atoms with Gasteiger partial charge >= 0.3 is 0 Å². The van der Waals surface area contributed by atoms with Gasteiger partial charge in [0.05, 0.1) is 14.2 Å². The maximum atomic E-state index is 12.0. The van der Waals surface area contributed by atoms with E-state index in [0.29, 0.717) is 11.4 Å². The van der Waals surface area contributed by atoms with E-state index in [1.165, 1.54) is 5.56 Å². The van der Waals surface area contributed by atoms with Gasteiger partial charge in [-0.2, -0.15) is 11.8 Å². The van der Waals surface area contributed by atoms with Crippen LogP contribution in [-0.4, -0.2) is 25.9 Å². The largest absolute Gasteiger partial charge is 0.493 e. The molecule has 0 aromatic heterocycles. The van der Waals surface area contributed by atoms with E-state index >= 15 is 0 Å². The van der Waals surface area contributed by atoms with Gasteiger partial charge in [-0.15, -0.1) is 0 Å². The van der Waals surface area contributed by atoms with E-state index in [-0.39, 0.29) is 5.91 Å². The van der Waals surface area contributed by atoms with Crippen LogP contribution in [0.3, 0.4) is 0 Å². The number of rotatable bonds is 8. The Kier molecular flexibility index (Phi) is 7.47. The Bertz CT molecular complexity index is 737. The number of amides is 1. The summed E-state index contributed by atoms with van der Waals surface area (Å²) in [4.78, 5) is 12.0. The van der Waals surface area contributed by atoms with Crippen molar-refractivity contribution in [3.05, 3.63) is 52.5 Å². The second kappa shape index (κ2) is 9.59. The van der Waals surface area contributed by atoms with Gasteiger partial charge < -0.3 is 14.8 Å². The number of ether oxygens (including phenoxy) is 2. The van der Waals surface area contributed by atoms with Gasteiger partial charge in [0.1, 0.15) is 0 Å². The first kappa shape index (κ1) is 19.5. The smallest absolute Gasteiger partial charge is 0.225 e. The number of benzene rings is 2. The van der Waals surface area contributed by atoms with Gasteiger partial charge in [0.25, 0.3) is 0 Å². The predicted molar refractivity (Wildman–Crippen MR) is 105 cm³/mol. The third kappa shape index (κ3) is 5.87. The highest BCUT2D eigenvalue weighted by molar-refractivity contribution is 7.98. The van der Waals surface area contributed by atoms with E-state index in [0.717, 1.165) is 34.3 Å². The average Bonchev–Trinajstić information content (AvgIpc) is 2.59. The maximum Gasteiger partial charge on any atom is 0.225 e. The minimum Gasteiger partial charge on any atom is -0.493 e. The van der Waals surface area contributed by atoms with Crippen LogP contribution in [-0.2, 0) is 10.5 Å². The number of nitrogens with one attached hydrogen (secondary N) is 1. The molecule has 0 saturated carbocycles. The fraction of sp³-hybridized carbons (Fsp3) is 0.316. The molecular formula is C19H22ClNO3S. The van der Waals surface area contributed by atoms with Crippen LogP contribution in [0.1, 0.15) is 17.5 Å². The van der Waals surface area contributed by atoms with Crippen LogP contribution in [0.4, 0.5) is 5.69 Å². The Morgan fingerprint density at radius 1 is 1.16 bits per heavy atom. The average molecular weight is 380 g/mol. The first-order chi connectivity index (χ1) is 12.0. The lowest BCUT2D eigenvalue weighted by atomic mass is 10.1. The molecule has 1 N–H and O–H groups in total. The number of methoxy groups -OCH3 is 2. The Hall–Kier alpha value is -1.85. The Morgan fingerprint density at radius 2 is 1.88 bits per heavy atom. The van der Waals surface area contributed by atoms with Crippen molar-refractivity contribution in [3.63, 3.8) is 0 Å². The molecule has 0 atom stereocenters. The third-order valence-corrected chi connectivity index (χ3v) is 4.92. The van der Waals surface area contributed by atoms with Crippen LogP contribution in [0.15, 0.2) is 36.4 Å². The van der Waals surface area contributed by atoms with Crippen LogP contribution in [0.25, 0.3) is 0 Å². The lowest BCUT2D eigenvalue weighted by Crippen LogP contribution is -2.12. The summed E-state index contributed by atoms with van der Waals surface area (Å²) in [5, 5.41) is 3.46. The normalized spacial score (nSPS) is 10.4. The lowest BCUT2D eigenvalue weighted by molar-refractivity contribution is -0.115. The summed E-state index contributed by atoms with van der Waals surface area (Å²) in [6.45, 7) is 2.05. The van der Waals surface area contributed by atoms with Crippen LogP contribution < -0.4 is 14.8 Å². The quantitative estimate of drug-likeness (QED) is 0.661. The van der Waals surface area contributed by atoms with Crippen LogP contribution in [0, 0.1) is 6.92 Å². The molecule has 0 aliphatic rings. The third-order valence-electron chi connectivity index (χ3n) is 3.68. The molecule has 0 spiro atoms. The van der Waals surface area contributed by atoms with Gasteiger partial charge in [-0.25, -0.2) is 0 Å². The van der Waals surface area contributed by atoms with Gasteiger partial charge in [0.2, 0.25) is 5.91 Å². The summed E-state index contributed by atoms with van der Waals surface area (Å²) in [7, 11) is 3.26. The summed E-state index contributed by atoms with van der Waals surface area (Å²) in [5.41, 5.74) is 3.05. The zero-order valence-corrected chi connectivity index (χ0v) is 16.2. The molecule has 134 valence electrons. The second-order valence-electron chi connectivity index (χ2n) is 5.49. The Balaban J connectivity index is 1.82. The van der Waals surface area contributed by atoms with Gasteiger partial charge in [0, 0.05) is 28.6 Å². The number of anilines is 1. The topological polar surface area (TPSA) is 47.6 Å². The SMILES string of the molecule is COc1cc(C)c(CSCCC(=O)Nc2cccc(Cl)c2)cc1OC. The monoisotopic (exact) mass is 379 g/mol. The number of thioether (sulfide) groups is 1. The van der Waals surface area contributed by atoms with Crippen molar-refractivity contribution < 1.29 is 14.3 Å². The molecule has 0 unspecified atom stereocenters. The first-order valence-electron chi connectivity index (χ1n) is 7.88. The molecule has 1 amide bonds. The molecule has 2 rings (SSSR count). The zero-order chi connectivity index (χ0) is 18.2. The van der Waals surface area contributed by atoms with Crippen molar-refractivity contribution in [1.29, 1.82) is 0 Å². The number of aryl methyl sites for hydroxylation is 1. The van der Waals surface area contributed by atoms with Gasteiger partial charge in [0.15, 0.2) is 11.5 Å². The number of hydrogen-bond donors (Lipinski definition) is 1. The molecular weight excluding hydrogens is 358 g/mol. The molecule has 0 saturated heterocycles. The Labute approximate surface area is 157 Å². The summed E-state index contributed by atoms with van der Waals surface area (Å²) < 4.78 is 10.6. The molecule has 6 heteroatoms. The zero-order valence-electron chi connectivity index (χ0n) is 14.6. The highest BCUT2D eigenvalue weighted by atomic mass is 35.5. The maximum absolute atomic E-state index is 12.0. The van der Waals surface area contributed by atoms with Gasteiger partial charge in [-0.1, -0.05) is 17.7 Å².